The first-order valence-corrected chi connectivity index (χ1v) is 8.12. The second-order valence-electron chi connectivity index (χ2n) is 5.80. The van der Waals surface area contributed by atoms with Crippen molar-refractivity contribution < 1.29 is 9.50 Å². The van der Waals surface area contributed by atoms with Crippen LogP contribution >= 0.6 is 0 Å². The quantitative estimate of drug-likeness (QED) is 0.618. The van der Waals surface area contributed by atoms with Gasteiger partial charge in [0.2, 0.25) is 0 Å². The Morgan fingerprint density at radius 1 is 1.16 bits per heavy atom. The highest BCUT2D eigenvalue weighted by Crippen LogP contribution is 2.25. The van der Waals surface area contributed by atoms with Crippen LogP contribution in [-0.4, -0.2) is 35.5 Å². The molecule has 0 aliphatic rings. The third-order valence-electron chi connectivity index (χ3n) is 4.09. The van der Waals surface area contributed by atoms with Gasteiger partial charge in [-0.3, -0.25) is 5.10 Å². The van der Waals surface area contributed by atoms with E-state index in [4.69, 9.17) is 5.11 Å². The van der Waals surface area contributed by atoms with Gasteiger partial charge in [-0.05, 0) is 36.4 Å². The summed E-state index contributed by atoms with van der Waals surface area (Å²) >= 11 is 0. The van der Waals surface area contributed by atoms with E-state index in [0.717, 1.165) is 16.9 Å². The van der Waals surface area contributed by atoms with Crippen LogP contribution in [0.3, 0.4) is 0 Å². The predicted molar refractivity (Wildman–Crippen MR) is 98.1 cm³/mol. The van der Waals surface area contributed by atoms with Crippen molar-refractivity contribution in [1.82, 2.24) is 10.2 Å². The van der Waals surface area contributed by atoms with Gasteiger partial charge in [0.25, 0.3) is 0 Å². The largest absolute Gasteiger partial charge is 0.395 e. The van der Waals surface area contributed by atoms with Crippen LogP contribution in [-0.2, 0) is 6.54 Å². The highest BCUT2D eigenvalue weighted by Gasteiger charge is 2.11. The molecule has 0 fully saturated rings. The number of aromatic amines is 1. The molecule has 0 bridgehead atoms. The van der Waals surface area contributed by atoms with Crippen LogP contribution in [0.25, 0.3) is 11.3 Å². The molecule has 0 aliphatic heterocycles. The van der Waals surface area contributed by atoms with E-state index >= 15 is 0 Å². The van der Waals surface area contributed by atoms with Crippen molar-refractivity contribution >= 4 is 11.4 Å². The number of anilines is 2. The molecule has 6 heteroatoms. The molecule has 1 aromatic heterocycles. The summed E-state index contributed by atoms with van der Waals surface area (Å²) in [4.78, 5) is 1.98. The van der Waals surface area contributed by atoms with E-state index in [2.05, 4.69) is 15.5 Å². The second kappa shape index (κ2) is 7.81. The molecular formula is C19H21FN4O. The van der Waals surface area contributed by atoms with Gasteiger partial charge >= 0.3 is 0 Å². The van der Waals surface area contributed by atoms with Crippen LogP contribution in [0, 0.1) is 5.82 Å². The summed E-state index contributed by atoms with van der Waals surface area (Å²) in [6.45, 7) is 1.25. The lowest BCUT2D eigenvalue weighted by Crippen LogP contribution is -2.20. The van der Waals surface area contributed by atoms with Crippen molar-refractivity contribution in [2.75, 3.05) is 30.4 Å². The summed E-state index contributed by atoms with van der Waals surface area (Å²) in [5, 5.41) is 19.2. The Morgan fingerprint density at radius 2 is 1.92 bits per heavy atom. The summed E-state index contributed by atoms with van der Waals surface area (Å²) in [5.41, 5.74) is 4.09. The fourth-order valence-corrected chi connectivity index (χ4v) is 2.65. The Morgan fingerprint density at radius 3 is 2.64 bits per heavy atom. The number of likely N-dealkylation sites (N-methyl/N-ethyl adjacent to an activating group) is 1. The molecule has 0 atom stereocenters. The highest BCUT2D eigenvalue weighted by atomic mass is 19.1. The first-order chi connectivity index (χ1) is 12.2. The van der Waals surface area contributed by atoms with Gasteiger partial charge in [0, 0.05) is 42.6 Å². The second-order valence-corrected chi connectivity index (χ2v) is 5.80. The van der Waals surface area contributed by atoms with Crippen molar-refractivity contribution in [3.63, 3.8) is 0 Å². The zero-order valence-electron chi connectivity index (χ0n) is 14.0. The van der Waals surface area contributed by atoms with Crippen LogP contribution in [0.5, 0.6) is 0 Å². The lowest BCUT2D eigenvalue weighted by molar-refractivity contribution is 0.304. The van der Waals surface area contributed by atoms with Crippen molar-refractivity contribution in [3.05, 3.63) is 66.1 Å². The first kappa shape index (κ1) is 17.0. The number of hydrogen-bond donors (Lipinski definition) is 3. The minimum absolute atomic E-state index is 0.121. The van der Waals surface area contributed by atoms with E-state index in [1.165, 1.54) is 6.07 Å². The molecule has 0 saturated carbocycles. The maximum absolute atomic E-state index is 14.0. The van der Waals surface area contributed by atoms with Gasteiger partial charge in [-0.15, -0.1) is 0 Å². The van der Waals surface area contributed by atoms with Crippen LogP contribution in [0.1, 0.15) is 5.56 Å². The van der Waals surface area contributed by atoms with Gasteiger partial charge < -0.3 is 15.3 Å². The Kier molecular flexibility index (Phi) is 5.30. The number of aromatic nitrogens is 2. The van der Waals surface area contributed by atoms with E-state index in [1.807, 2.05) is 36.2 Å². The van der Waals surface area contributed by atoms with Gasteiger partial charge in [0.15, 0.2) is 0 Å². The summed E-state index contributed by atoms with van der Waals surface area (Å²) in [6, 6.07) is 14.6. The van der Waals surface area contributed by atoms with Gasteiger partial charge in [-0.2, -0.15) is 5.10 Å². The Bertz CT molecular complexity index is 816. The van der Waals surface area contributed by atoms with Crippen LogP contribution < -0.4 is 10.2 Å². The normalized spacial score (nSPS) is 10.7. The van der Waals surface area contributed by atoms with Crippen molar-refractivity contribution in [3.8, 4) is 11.3 Å². The van der Waals surface area contributed by atoms with Gasteiger partial charge in [0.05, 0.1) is 18.5 Å². The molecule has 3 aromatic rings. The van der Waals surface area contributed by atoms with Crippen molar-refractivity contribution in [2.24, 2.45) is 0 Å². The fourth-order valence-electron chi connectivity index (χ4n) is 2.65. The highest BCUT2D eigenvalue weighted by molar-refractivity contribution is 5.64. The average molecular weight is 340 g/mol. The summed E-state index contributed by atoms with van der Waals surface area (Å²) in [6.07, 6.45) is 1.71. The SMILES string of the molecule is CN(CCO)c1ccc(NCc2cn[nH]c2-c2ccccc2F)cc1. The molecule has 2 aromatic carbocycles. The van der Waals surface area contributed by atoms with E-state index in [0.29, 0.717) is 24.3 Å². The lowest BCUT2D eigenvalue weighted by Gasteiger charge is -2.18. The summed E-state index contributed by atoms with van der Waals surface area (Å²) < 4.78 is 14.0. The third-order valence-corrected chi connectivity index (χ3v) is 4.09. The van der Waals surface area contributed by atoms with Gasteiger partial charge in [-0.1, -0.05) is 12.1 Å². The van der Waals surface area contributed by atoms with E-state index < -0.39 is 0 Å². The van der Waals surface area contributed by atoms with Gasteiger partial charge in [-0.25, -0.2) is 4.39 Å². The minimum atomic E-state index is -0.274. The summed E-state index contributed by atoms with van der Waals surface area (Å²) in [5.74, 6) is -0.274. The maximum Gasteiger partial charge on any atom is 0.132 e. The minimum Gasteiger partial charge on any atom is -0.395 e. The number of hydrogen-bond acceptors (Lipinski definition) is 4. The lowest BCUT2D eigenvalue weighted by atomic mass is 10.1. The number of aliphatic hydroxyl groups is 1. The fraction of sp³-hybridized carbons (Fsp3) is 0.211. The molecule has 0 amide bonds. The molecule has 0 unspecified atom stereocenters. The van der Waals surface area contributed by atoms with Crippen molar-refractivity contribution in [1.29, 1.82) is 0 Å². The molecule has 0 radical (unpaired) electrons. The molecule has 3 N–H and O–H groups in total. The van der Waals surface area contributed by atoms with Crippen LogP contribution in [0.4, 0.5) is 15.8 Å². The topological polar surface area (TPSA) is 64.2 Å². The van der Waals surface area contributed by atoms with E-state index in [1.54, 1.807) is 24.4 Å². The van der Waals surface area contributed by atoms with Crippen LogP contribution in [0.2, 0.25) is 0 Å². The Labute approximate surface area is 146 Å². The van der Waals surface area contributed by atoms with Crippen molar-refractivity contribution in [2.45, 2.75) is 6.54 Å². The number of halogens is 1. The predicted octanol–water partition coefficient (Wildman–Crippen LogP) is 3.26. The molecule has 3 rings (SSSR count). The smallest absolute Gasteiger partial charge is 0.132 e. The zero-order valence-corrected chi connectivity index (χ0v) is 14.0. The van der Waals surface area contributed by atoms with Crippen LogP contribution in [0.15, 0.2) is 54.7 Å². The molecule has 5 nitrogen and oxygen atoms in total. The monoisotopic (exact) mass is 340 g/mol. The number of rotatable bonds is 7. The number of nitrogens with one attached hydrogen (secondary N) is 2. The van der Waals surface area contributed by atoms with Gasteiger partial charge in [0.1, 0.15) is 5.82 Å². The number of benzene rings is 2. The number of nitrogens with zero attached hydrogens (tertiary/aromatic N) is 2. The summed E-state index contributed by atoms with van der Waals surface area (Å²) in [7, 11) is 1.94. The molecule has 130 valence electrons. The standard InChI is InChI=1S/C19H21FN4O/c1-24(10-11-25)16-8-6-15(7-9-16)21-12-14-13-22-23-19(14)17-4-2-3-5-18(17)20/h2-9,13,21,25H,10-12H2,1H3,(H,22,23). The first-order valence-electron chi connectivity index (χ1n) is 8.12. The molecule has 0 aliphatic carbocycles. The molecule has 1 heterocycles. The Balaban J connectivity index is 1.69. The molecular weight excluding hydrogens is 319 g/mol. The zero-order chi connectivity index (χ0) is 17.6. The molecule has 0 spiro atoms. The Hall–Kier alpha value is -2.86. The average Bonchev–Trinajstić information content (AvgIpc) is 3.09. The number of aliphatic hydroxyl groups excluding tert-OH is 1. The third kappa shape index (κ3) is 3.97. The van der Waals surface area contributed by atoms with E-state index in [-0.39, 0.29) is 12.4 Å². The molecule has 0 saturated heterocycles. The molecule has 25 heavy (non-hydrogen) atoms. The van der Waals surface area contributed by atoms with E-state index in [9.17, 15) is 4.39 Å². The number of H-pyrrole nitrogens is 1. The maximum atomic E-state index is 14.0.